The molecule has 0 aliphatic heterocycles. The molecule has 0 unspecified atom stereocenters. The summed E-state index contributed by atoms with van der Waals surface area (Å²) in [6.45, 7) is 4.03. The standard InChI is InChI=1S/C25H27ClN2O5S/c1-16-5-6-17(2)21(13-16)28-34(30,31)24-15-19(8-9-20(24)26)25(29)27-12-11-18-7-10-22(32-3)23(14-18)33-4/h5-10,13-15,28H,11-12H2,1-4H3,(H,27,29). The van der Waals surface area contributed by atoms with E-state index in [1.807, 2.05) is 31.2 Å². The van der Waals surface area contributed by atoms with Crippen LogP contribution in [0, 0.1) is 13.8 Å². The maximum absolute atomic E-state index is 13.0. The first-order valence-electron chi connectivity index (χ1n) is 10.5. The second-order valence-electron chi connectivity index (χ2n) is 7.76. The van der Waals surface area contributed by atoms with Crippen LogP contribution in [0.4, 0.5) is 5.69 Å². The summed E-state index contributed by atoms with van der Waals surface area (Å²) < 4.78 is 39.1. The molecular weight excluding hydrogens is 476 g/mol. The molecule has 0 aliphatic rings. The van der Waals surface area contributed by atoms with Crippen molar-refractivity contribution in [1.82, 2.24) is 5.32 Å². The van der Waals surface area contributed by atoms with Gasteiger partial charge in [-0.1, -0.05) is 29.8 Å². The van der Waals surface area contributed by atoms with Crippen LogP contribution in [0.15, 0.2) is 59.5 Å². The molecule has 0 saturated carbocycles. The Balaban J connectivity index is 1.72. The fourth-order valence-corrected chi connectivity index (χ4v) is 5.00. The maximum Gasteiger partial charge on any atom is 0.263 e. The molecule has 1 amide bonds. The van der Waals surface area contributed by atoms with Crippen molar-refractivity contribution in [3.05, 3.63) is 81.9 Å². The molecule has 0 aliphatic carbocycles. The van der Waals surface area contributed by atoms with Gasteiger partial charge in [0.2, 0.25) is 0 Å². The smallest absolute Gasteiger partial charge is 0.263 e. The van der Waals surface area contributed by atoms with Gasteiger partial charge in [0.1, 0.15) is 4.90 Å². The first-order chi connectivity index (χ1) is 16.1. The lowest BCUT2D eigenvalue weighted by Gasteiger charge is -2.14. The SMILES string of the molecule is COc1ccc(CCNC(=O)c2ccc(Cl)c(S(=O)(=O)Nc3cc(C)ccc3C)c2)cc1OC. The number of rotatable bonds is 9. The minimum absolute atomic E-state index is 0.0275. The van der Waals surface area contributed by atoms with Gasteiger partial charge >= 0.3 is 0 Å². The number of methoxy groups -OCH3 is 2. The molecule has 0 atom stereocenters. The van der Waals surface area contributed by atoms with E-state index in [-0.39, 0.29) is 15.5 Å². The fourth-order valence-electron chi connectivity index (χ4n) is 3.35. The Morgan fingerprint density at radius 2 is 1.68 bits per heavy atom. The summed E-state index contributed by atoms with van der Waals surface area (Å²) in [6, 6.07) is 15.2. The first kappa shape index (κ1) is 25.4. The van der Waals surface area contributed by atoms with Crippen molar-refractivity contribution in [2.45, 2.75) is 25.2 Å². The van der Waals surface area contributed by atoms with E-state index in [1.54, 1.807) is 33.3 Å². The third-order valence-electron chi connectivity index (χ3n) is 5.27. The molecule has 3 rings (SSSR count). The Labute approximate surface area is 205 Å². The Morgan fingerprint density at radius 1 is 0.941 bits per heavy atom. The number of aryl methyl sites for hydroxylation is 2. The molecule has 0 spiro atoms. The molecule has 3 aromatic rings. The number of carbonyl (C=O) groups excluding carboxylic acids is 1. The van der Waals surface area contributed by atoms with E-state index in [0.717, 1.165) is 16.7 Å². The second-order valence-corrected chi connectivity index (χ2v) is 9.82. The molecule has 180 valence electrons. The number of carbonyl (C=O) groups is 1. The van der Waals surface area contributed by atoms with E-state index in [4.69, 9.17) is 21.1 Å². The molecule has 2 N–H and O–H groups in total. The highest BCUT2D eigenvalue weighted by Gasteiger charge is 2.21. The van der Waals surface area contributed by atoms with Crippen LogP contribution in [0.25, 0.3) is 0 Å². The number of ether oxygens (including phenoxy) is 2. The number of sulfonamides is 1. The minimum atomic E-state index is -4.00. The number of anilines is 1. The van der Waals surface area contributed by atoms with Crippen molar-refractivity contribution in [3.8, 4) is 11.5 Å². The Bertz CT molecular complexity index is 1310. The molecule has 0 saturated heterocycles. The normalized spacial score (nSPS) is 11.1. The average molecular weight is 503 g/mol. The van der Waals surface area contributed by atoms with Crippen molar-refractivity contribution < 1.29 is 22.7 Å². The Kier molecular flexibility index (Phi) is 8.06. The van der Waals surface area contributed by atoms with E-state index < -0.39 is 15.9 Å². The predicted octanol–water partition coefficient (Wildman–Crippen LogP) is 4.75. The highest BCUT2D eigenvalue weighted by atomic mass is 35.5. The van der Waals surface area contributed by atoms with Crippen LogP contribution < -0.4 is 19.5 Å². The Hall–Kier alpha value is -3.23. The van der Waals surface area contributed by atoms with Crippen molar-refractivity contribution >= 4 is 33.2 Å². The highest BCUT2D eigenvalue weighted by Crippen LogP contribution is 2.28. The van der Waals surface area contributed by atoms with Crippen LogP contribution in [-0.4, -0.2) is 35.1 Å². The number of hydrogen-bond donors (Lipinski definition) is 2. The third-order valence-corrected chi connectivity index (χ3v) is 7.11. The molecule has 9 heteroatoms. The van der Waals surface area contributed by atoms with Crippen LogP contribution in [-0.2, 0) is 16.4 Å². The molecular formula is C25H27ClN2O5S. The number of halogens is 1. The molecule has 0 aromatic heterocycles. The molecule has 0 fully saturated rings. The van der Waals surface area contributed by atoms with Gasteiger partial charge in [0, 0.05) is 12.1 Å². The predicted molar refractivity (Wildman–Crippen MR) is 134 cm³/mol. The summed E-state index contributed by atoms with van der Waals surface area (Å²) in [5.74, 6) is 0.829. The second kappa shape index (κ2) is 10.8. The topological polar surface area (TPSA) is 93.7 Å². The van der Waals surface area contributed by atoms with E-state index >= 15 is 0 Å². The molecule has 34 heavy (non-hydrogen) atoms. The van der Waals surface area contributed by atoms with Crippen molar-refractivity contribution in [2.24, 2.45) is 0 Å². The average Bonchev–Trinajstić information content (AvgIpc) is 2.81. The van der Waals surface area contributed by atoms with Crippen molar-refractivity contribution in [2.75, 3.05) is 25.5 Å². The summed E-state index contributed by atoms with van der Waals surface area (Å²) in [7, 11) is -0.879. The van der Waals surface area contributed by atoms with Gasteiger partial charge in [0.05, 0.1) is 24.9 Å². The van der Waals surface area contributed by atoms with Gasteiger partial charge in [0.15, 0.2) is 11.5 Å². The zero-order chi connectivity index (χ0) is 24.9. The van der Waals surface area contributed by atoms with Gasteiger partial charge < -0.3 is 14.8 Å². The lowest BCUT2D eigenvalue weighted by molar-refractivity contribution is 0.0954. The molecule has 3 aromatic carbocycles. The van der Waals surface area contributed by atoms with Crippen molar-refractivity contribution in [3.63, 3.8) is 0 Å². The van der Waals surface area contributed by atoms with Gasteiger partial charge in [-0.2, -0.15) is 0 Å². The van der Waals surface area contributed by atoms with Gasteiger partial charge in [0.25, 0.3) is 15.9 Å². The van der Waals surface area contributed by atoms with Gasteiger partial charge in [-0.15, -0.1) is 0 Å². The summed E-state index contributed by atoms with van der Waals surface area (Å²) in [6.07, 6.45) is 0.555. The van der Waals surface area contributed by atoms with Crippen LogP contribution in [0.1, 0.15) is 27.0 Å². The molecule has 0 radical (unpaired) electrons. The molecule has 0 bridgehead atoms. The highest BCUT2D eigenvalue weighted by molar-refractivity contribution is 7.92. The van der Waals surface area contributed by atoms with Crippen molar-refractivity contribution in [1.29, 1.82) is 0 Å². The third kappa shape index (κ3) is 6.01. The van der Waals surface area contributed by atoms with Crippen LogP contribution in [0.3, 0.4) is 0 Å². The Morgan fingerprint density at radius 3 is 2.38 bits per heavy atom. The molecule has 0 heterocycles. The zero-order valence-electron chi connectivity index (χ0n) is 19.4. The van der Waals surface area contributed by atoms with Gasteiger partial charge in [-0.05, 0) is 73.4 Å². The number of nitrogens with one attached hydrogen (secondary N) is 2. The maximum atomic E-state index is 13.0. The number of benzene rings is 3. The monoisotopic (exact) mass is 502 g/mol. The summed E-state index contributed by atoms with van der Waals surface area (Å²) in [5.41, 5.74) is 3.29. The van der Waals surface area contributed by atoms with E-state index in [9.17, 15) is 13.2 Å². The minimum Gasteiger partial charge on any atom is -0.493 e. The fraction of sp³-hybridized carbons (Fsp3) is 0.240. The quantitative estimate of drug-likeness (QED) is 0.440. The van der Waals surface area contributed by atoms with E-state index in [1.165, 1.54) is 18.2 Å². The summed E-state index contributed by atoms with van der Waals surface area (Å²) in [4.78, 5) is 12.5. The van der Waals surface area contributed by atoms with Gasteiger partial charge in [-0.3, -0.25) is 9.52 Å². The van der Waals surface area contributed by atoms with Gasteiger partial charge in [-0.25, -0.2) is 8.42 Å². The zero-order valence-corrected chi connectivity index (χ0v) is 21.0. The lowest BCUT2D eigenvalue weighted by Crippen LogP contribution is -2.26. The largest absolute Gasteiger partial charge is 0.493 e. The van der Waals surface area contributed by atoms with E-state index in [2.05, 4.69) is 10.0 Å². The summed E-state index contributed by atoms with van der Waals surface area (Å²) >= 11 is 6.19. The lowest BCUT2D eigenvalue weighted by atomic mass is 10.1. The number of hydrogen-bond acceptors (Lipinski definition) is 5. The molecule has 7 nitrogen and oxygen atoms in total. The summed E-state index contributed by atoms with van der Waals surface area (Å²) in [5, 5.41) is 2.84. The first-order valence-corrected chi connectivity index (χ1v) is 12.4. The van der Waals surface area contributed by atoms with E-state index in [0.29, 0.717) is 30.2 Å². The van der Waals surface area contributed by atoms with Crippen LogP contribution >= 0.6 is 11.6 Å². The van der Waals surface area contributed by atoms with Crippen LogP contribution in [0.5, 0.6) is 11.5 Å². The number of amides is 1. The van der Waals surface area contributed by atoms with Crippen LogP contribution in [0.2, 0.25) is 5.02 Å².